The first-order valence-electron chi connectivity index (χ1n) is 19.9. The van der Waals surface area contributed by atoms with Crippen LogP contribution in [0.3, 0.4) is 0 Å². The second-order valence-corrected chi connectivity index (χ2v) is 22.6. The lowest BCUT2D eigenvalue weighted by molar-refractivity contribution is 0.674. The van der Waals surface area contributed by atoms with E-state index in [2.05, 4.69) is 202 Å². The van der Waals surface area contributed by atoms with Crippen LogP contribution in [0, 0.1) is 0 Å². The minimum Gasteiger partial charge on any atom is -0.455 e. The van der Waals surface area contributed by atoms with Gasteiger partial charge in [0.15, 0.2) is 0 Å². The highest BCUT2D eigenvalue weighted by Crippen LogP contribution is 2.54. The first kappa shape index (κ1) is 38.8. The Bertz CT molecular complexity index is 2360. The molecular formula is C50H56N2OP2. The van der Waals surface area contributed by atoms with Gasteiger partial charge in [0.2, 0.25) is 0 Å². The van der Waals surface area contributed by atoms with Gasteiger partial charge in [-0.15, -0.1) is 0 Å². The van der Waals surface area contributed by atoms with Crippen LogP contribution in [0.2, 0.25) is 0 Å². The van der Waals surface area contributed by atoms with Gasteiger partial charge in [0.25, 0.3) is 0 Å². The molecule has 6 aromatic carbocycles. The standard InChI is InChI=1S/C50H56N2OP2/c1-33(2)39-25-17-26-40(34(3)4)47(39)51-54(9,37-21-13-11-14-22-37)45-31-19-29-43-44-30-20-32-46(50(44)53-49(43)45)55(10,38-23-15-12-16-24-38)52-48-41(35(5)6)27-18-28-42(48)36(7)8/h11-36H,1-10H3/t54-,55-/m1/s1. The predicted molar refractivity (Wildman–Crippen MR) is 244 cm³/mol. The van der Waals surface area contributed by atoms with Crippen LogP contribution in [0.5, 0.6) is 0 Å². The zero-order valence-corrected chi connectivity index (χ0v) is 36.0. The minimum absolute atomic E-state index is 0.339. The molecule has 0 aliphatic heterocycles. The van der Waals surface area contributed by atoms with Gasteiger partial charge in [-0.2, -0.15) is 0 Å². The van der Waals surface area contributed by atoms with Crippen LogP contribution in [0.15, 0.2) is 147 Å². The van der Waals surface area contributed by atoms with E-state index in [0.717, 1.165) is 43.9 Å². The highest BCUT2D eigenvalue weighted by Gasteiger charge is 2.30. The summed E-state index contributed by atoms with van der Waals surface area (Å²) in [6.07, 6.45) is 0. The van der Waals surface area contributed by atoms with E-state index in [4.69, 9.17) is 13.9 Å². The van der Waals surface area contributed by atoms with Gasteiger partial charge in [0.1, 0.15) is 11.2 Å². The molecule has 0 unspecified atom stereocenters. The topological polar surface area (TPSA) is 37.9 Å². The first-order valence-corrected chi connectivity index (χ1v) is 24.2. The monoisotopic (exact) mass is 762 g/mol. The maximum absolute atomic E-state index is 7.37. The summed E-state index contributed by atoms with van der Waals surface area (Å²) < 4.78 is 19.3. The summed E-state index contributed by atoms with van der Waals surface area (Å²) in [5.41, 5.74) is 9.28. The fourth-order valence-corrected chi connectivity index (χ4v) is 13.7. The third-order valence-electron chi connectivity index (χ3n) is 11.2. The van der Waals surface area contributed by atoms with Crippen LogP contribution in [0.25, 0.3) is 21.9 Å². The molecule has 1 heterocycles. The Labute approximate surface area is 329 Å². The molecule has 0 amide bonds. The van der Waals surface area contributed by atoms with Crippen molar-refractivity contribution in [2.45, 2.75) is 79.1 Å². The molecule has 7 aromatic rings. The maximum atomic E-state index is 7.37. The second kappa shape index (κ2) is 15.6. The molecule has 0 aliphatic rings. The fraction of sp³-hybridized carbons (Fsp3) is 0.280. The lowest BCUT2D eigenvalue weighted by Crippen LogP contribution is -2.16. The van der Waals surface area contributed by atoms with Crippen LogP contribution in [0.1, 0.15) is 101 Å². The number of benzene rings is 6. The second-order valence-electron chi connectivity index (χ2n) is 16.4. The van der Waals surface area contributed by atoms with E-state index in [1.165, 1.54) is 32.9 Å². The van der Waals surface area contributed by atoms with E-state index >= 15 is 0 Å². The molecule has 0 saturated carbocycles. The zero-order valence-electron chi connectivity index (χ0n) is 34.2. The molecule has 7 rings (SSSR count). The number of hydrogen-bond donors (Lipinski definition) is 0. The average molecular weight is 763 g/mol. The van der Waals surface area contributed by atoms with Crippen LogP contribution in [-0.2, 0) is 0 Å². The van der Waals surface area contributed by atoms with E-state index in [0.29, 0.717) is 23.7 Å². The van der Waals surface area contributed by atoms with Crippen molar-refractivity contribution in [3.63, 3.8) is 0 Å². The van der Waals surface area contributed by atoms with Gasteiger partial charge >= 0.3 is 0 Å². The predicted octanol–water partition coefficient (Wildman–Crippen LogP) is 14.3. The molecule has 2 atom stereocenters. The summed E-state index contributed by atoms with van der Waals surface area (Å²) in [6.45, 7) is 23.0. The molecule has 3 nitrogen and oxygen atoms in total. The van der Waals surface area contributed by atoms with Crippen molar-refractivity contribution < 1.29 is 4.42 Å². The molecule has 0 bridgehead atoms. The van der Waals surface area contributed by atoms with Crippen molar-refractivity contribution in [3.8, 4) is 0 Å². The molecule has 55 heavy (non-hydrogen) atoms. The summed E-state index contributed by atoms with van der Waals surface area (Å²) in [7, 11) is -4.83. The van der Waals surface area contributed by atoms with Gasteiger partial charge in [-0.05, 0) is 82.0 Å². The number of nitrogens with zero attached hydrogens (tertiary/aromatic N) is 2. The van der Waals surface area contributed by atoms with Crippen molar-refractivity contribution >= 4 is 68.6 Å². The van der Waals surface area contributed by atoms with E-state index in [-0.39, 0.29) is 0 Å². The van der Waals surface area contributed by atoms with Crippen LogP contribution in [-0.4, -0.2) is 13.3 Å². The average Bonchev–Trinajstić information content (AvgIpc) is 3.57. The van der Waals surface area contributed by atoms with Crippen molar-refractivity contribution in [1.29, 1.82) is 0 Å². The fourth-order valence-electron chi connectivity index (χ4n) is 8.07. The van der Waals surface area contributed by atoms with Gasteiger partial charge in [-0.1, -0.05) is 177 Å². The van der Waals surface area contributed by atoms with Crippen LogP contribution >= 0.6 is 14.1 Å². The normalized spacial score (nSPS) is 14.2. The molecule has 0 spiro atoms. The Morgan fingerprint density at radius 1 is 0.382 bits per heavy atom. The molecule has 1 aromatic heterocycles. The molecule has 5 heteroatoms. The molecule has 282 valence electrons. The highest BCUT2D eigenvalue weighted by molar-refractivity contribution is 7.81. The van der Waals surface area contributed by atoms with Crippen molar-refractivity contribution in [3.05, 3.63) is 156 Å². The van der Waals surface area contributed by atoms with Crippen molar-refractivity contribution in [2.24, 2.45) is 9.49 Å². The summed E-state index contributed by atoms with van der Waals surface area (Å²) >= 11 is 0. The summed E-state index contributed by atoms with van der Waals surface area (Å²) in [6, 6.07) is 48.7. The van der Waals surface area contributed by atoms with Crippen LogP contribution < -0.4 is 21.2 Å². The third kappa shape index (κ3) is 7.12. The Morgan fingerprint density at radius 2 is 0.691 bits per heavy atom. The van der Waals surface area contributed by atoms with Crippen molar-refractivity contribution in [1.82, 2.24) is 0 Å². The lowest BCUT2D eigenvalue weighted by Gasteiger charge is -2.25. The Balaban J connectivity index is 1.59. The quantitative estimate of drug-likeness (QED) is 0.128. The summed E-state index contributed by atoms with van der Waals surface area (Å²) in [4.78, 5) is 0. The zero-order chi connectivity index (χ0) is 39.1. The minimum atomic E-state index is -2.42. The number of furan rings is 1. The largest absolute Gasteiger partial charge is 0.455 e. The van der Waals surface area contributed by atoms with Gasteiger partial charge in [0.05, 0.1) is 11.4 Å². The first-order chi connectivity index (χ1) is 26.3. The number of para-hydroxylation sites is 2. The highest BCUT2D eigenvalue weighted by atomic mass is 31.2. The lowest BCUT2D eigenvalue weighted by atomic mass is 9.93. The molecule has 0 radical (unpaired) electrons. The molecule has 0 saturated heterocycles. The number of rotatable bonds is 10. The number of fused-ring (bicyclic) bond motifs is 3. The SMILES string of the molecule is CC(C)c1cccc(C(C)C)c1N=[P@](C)(c1ccccc1)c1cccc2c1oc1c([P@](C)(=Nc3c(C(C)C)cccc3C(C)C)c3ccccc3)cccc12. The van der Waals surface area contributed by atoms with E-state index in [1.54, 1.807) is 0 Å². The van der Waals surface area contributed by atoms with E-state index in [9.17, 15) is 0 Å². The van der Waals surface area contributed by atoms with Gasteiger partial charge in [-0.3, -0.25) is 9.49 Å². The van der Waals surface area contributed by atoms with E-state index < -0.39 is 14.1 Å². The van der Waals surface area contributed by atoms with Gasteiger partial charge in [-0.25, -0.2) is 0 Å². The third-order valence-corrected chi connectivity index (χ3v) is 17.6. The Morgan fingerprint density at radius 3 is 1.00 bits per heavy atom. The molecule has 0 N–H and O–H groups in total. The van der Waals surface area contributed by atoms with Crippen molar-refractivity contribution in [2.75, 3.05) is 13.3 Å². The summed E-state index contributed by atoms with van der Waals surface area (Å²) in [5.74, 6) is 1.36. The Hall–Kier alpha value is -4.42. The van der Waals surface area contributed by atoms with Gasteiger partial charge < -0.3 is 4.42 Å². The summed E-state index contributed by atoms with van der Waals surface area (Å²) in [5, 5.41) is 7.04. The molecule has 0 fully saturated rings. The molecular weight excluding hydrogens is 707 g/mol. The molecule has 0 aliphatic carbocycles. The Kier molecular flexibility index (Phi) is 11.0. The van der Waals surface area contributed by atoms with Crippen LogP contribution in [0.4, 0.5) is 11.4 Å². The maximum Gasteiger partial charge on any atom is 0.144 e. The smallest absolute Gasteiger partial charge is 0.144 e. The van der Waals surface area contributed by atoms with Gasteiger partial charge in [0, 0.05) is 35.5 Å². The number of hydrogen-bond acceptors (Lipinski definition) is 3. The van der Waals surface area contributed by atoms with E-state index in [1.807, 2.05) is 0 Å².